The number of nitrogens with zero attached hydrogens (tertiary/aromatic N) is 3. The minimum atomic E-state index is -1.53. The van der Waals surface area contributed by atoms with Crippen LogP contribution in [0.1, 0.15) is 47.7 Å². The van der Waals surface area contributed by atoms with Crippen molar-refractivity contribution in [3.8, 4) is 11.3 Å². The standard InChI is InChI=1S/C42H33N3O9/c46-39(29-18-8-2-9-19-29)50-27-34-35(52-40(47)30-20-10-3-11-21-30)36(53-41(48)31-22-12-4-13-23-31)37(54-42(49)32-24-14-5-15-25-32)38(51-34)45-26-33(43-44-45)28-16-6-1-7-17-28/h1-26,34-38H,27H2/t34-,35-,36+,37-,38-/m1/s1. The van der Waals surface area contributed by atoms with E-state index in [1.54, 1.807) is 128 Å². The van der Waals surface area contributed by atoms with E-state index >= 15 is 0 Å². The molecule has 0 aliphatic carbocycles. The summed E-state index contributed by atoms with van der Waals surface area (Å²) in [6, 6.07) is 42.1. The number of benzene rings is 5. The van der Waals surface area contributed by atoms with Crippen molar-refractivity contribution >= 4 is 23.9 Å². The van der Waals surface area contributed by atoms with Crippen LogP contribution in [0.15, 0.2) is 158 Å². The van der Waals surface area contributed by atoms with Gasteiger partial charge in [-0.2, -0.15) is 0 Å². The Morgan fingerprint density at radius 1 is 0.519 bits per heavy atom. The number of aromatic nitrogens is 3. The fourth-order valence-electron chi connectivity index (χ4n) is 5.90. The molecule has 0 saturated carbocycles. The molecule has 0 N–H and O–H groups in total. The Morgan fingerprint density at radius 2 is 0.926 bits per heavy atom. The average Bonchev–Trinajstić information content (AvgIpc) is 3.73. The highest BCUT2D eigenvalue weighted by atomic mass is 16.7. The molecule has 0 unspecified atom stereocenters. The van der Waals surface area contributed by atoms with Crippen molar-refractivity contribution in [2.24, 2.45) is 0 Å². The summed E-state index contributed by atoms with van der Waals surface area (Å²) in [6.45, 7) is -0.462. The Morgan fingerprint density at radius 3 is 1.41 bits per heavy atom. The van der Waals surface area contributed by atoms with Gasteiger partial charge in [-0.05, 0) is 48.5 Å². The number of hydrogen-bond donors (Lipinski definition) is 0. The molecular weight excluding hydrogens is 690 g/mol. The Balaban J connectivity index is 1.32. The molecule has 1 aromatic heterocycles. The number of hydrogen-bond acceptors (Lipinski definition) is 11. The van der Waals surface area contributed by atoms with E-state index in [2.05, 4.69) is 10.3 Å². The van der Waals surface area contributed by atoms with Gasteiger partial charge >= 0.3 is 23.9 Å². The van der Waals surface area contributed by atoms with E-state index in [0.29, 0.717) is 5.69 Å². The van der Waals surface area contributed by atoms with Crippen LogP contribution in [-0.4, -0.2) is 69.9 Å². The van der Waals surface area contributed by atoms with E-state index < -0.39 is 61.1 Å². The van der Waals surface area contributed by atoms with Crippen LogP contribution in [0.25, 0.3) is 11.3 Å². The summed E-state index contributed by atoms with van der Waals surface area (Å²) in [7, 11) is 0. The second-order valence-corrected chi connectivity index (χ2v) is 12.2. The first-order chi connectivity index (χ1) is 26.4. The predicted octanol–water partition coefficient (Wildman–Crippen LogP) is 6.38. The van der Waals surface area contributed by atoms with Crippen molar-refractivity contribution in [3.63, 3.8) is 0 Å². The van der Waals surface area contributed by atoms with E-state index in [1.165, 1.54) is 4.68 Å². The van der Waals surface area contributed by atoms with Crippen molar-refractivity contribution < 1.29 is 42.9 Å². The molecule has 12 heteroatoms. The number of ether oxygens (including phenoxy) is 5. The third kappa shape index (κ3) is 8.24. The molecule has 0 amide bonds. The fraction of sp³-hybridized carbons (Fsp3) is 0.143. The average molecular weight is 724 g/mol. The van der Waals surface area contributed by atoms with Gasteiger partial charge in [-0.3, -0.25) is 0 Å². The van der Waals surface area contributed by atoms with Crippen LogP contribution in [0.3, 0.4) is 0 Å². The van der Waals surface area contributed by atoms with E-state index in [4.69, 9.17) is 23.7 Å². The SMILES string of the molecule is O=C(OC[C@H]1O[C@@H](n2cc(-c3ccccc3)nn2)[C@H](OC(=O)c2ccccc2)[C@@H](OC(=O)c2ccccc2)[C@@H]1OC(=O)c1ccccc1)c1ccccc1. The molecule has 7 rings (SSSR count). The molecule has 270 valence electrons. The lowest BCUT2D eigenvalue weighted by Crippen LogP contribution is -2.61. The third-order valence-electron chi connectivity index (χ3n) is 8.60. The second-order valence-electron chi connectivity index (χ2n) is 12.2. The zero-order valence-corrected chi connectivity index (χ0v) is 28.6. The van der Waals surface area contributed by atoms with Gasteiger partial charge in [-0.1, -0.05) is 108 Å². The fourth-order valence-corrected chi connectivity index (χ4v) is 5.90. The molecule has 0 radical (unpaired) electrons. The molecule has 5 aromatic carbocycles. The number of esters is 4. The van der Waals surface area contributed by atoms with Crippen LogP contribution < -0.4 is 0 Å². The molecule has 1 saturated heterocycles. The molecule has 5 atom stereocenters. The lowest BCUT2D eigenvalue weighted by molar-refractivity contribution is -0.252. The maximum Gasteiger partial charge on any atom is 0.338 e. The number of rotatable bonds is 11. The Labute approximate surface area is 309 Å². The summed E-state index contributed by atoms with van der Waals surface area (Å²) in [6.07, 6.45) is -5.51. The van der Waals surface area contributed by atoms with Crippen molar-refractivity contribution in [1.82, 2.24) is 15.0 Å². The Hall–Kier alpha value is -6.92. The Bertz CT molecular complexity index is 2180. The van der Waals surface area contributed by atoms with Crippen molar-refractivity contribution in [1.29, 1.82) is 0 Å². The number of carbonyl (C=O) groups is 4. The van der Waals surface area contributed by atoms with Gasteiger partial charge in [0.25, 0.3) is 0 Å². The van der Waals surface area contributed by atoms with Crippen LogP contribution in [0.4, 0.5) is 0 Å². The van der Waals surface area contributed by atoms with Gasteiger partial charge in [0.2, 0.25) is 0 Å². The normalized spacial score (nSPS) is 19.2. The van der Waals surface area contributed by atoms with Crippen molar-refractivity contribution in [2.75, 3.05) is 6.61 Å². The molecular formula is C42H33N3O9. The second kappa shape index (κ2) is 16.6. The highest BCUT2D eigenvalue weighted by Crippen LogP contribution is 2.36. The zero-order chi connectivity index (χ0) is 37.3. The molecule has 0 spiro atoms. The summed E-state index contributed by atoms with van der Waals surface area (Å²) in [5, 5.41) is 8.65. The molecule has 1 aliphatic heterocycles. The van der Waals surface area contributed by atoms with Crippen molar-refractivity contribution in [2.45, 2.75) is 30.6 Å². The van der Waals surface area contributed by atoms with Gasteiger partial charge in [-0.15, -0.1) is 5.10 Å². The van der Waals surface area contributed by atoms with Gasteiger partial charge in [-0.25, -0.2) is 23.9 Å². The summed E-state index contributed by atoms with van der Waals surface area (Å²) < 4.78 is 32.0. The van der Waals surface area contributed by atoms with E-state index in [0.717, 1.165) is 5.56 Å². The molecule has 54 heavy (non-hydrogen) atoms. The molecule has 6 aromatic rings. The van der Waals surface area contributed by atoms with Crippen LogP contribution in [-0.2, 0) is 23.7 Å². The Kier molecular flexibility index (Phi) is 10.9. The van der Waals surface area contributed by atoms with E-state index in [9.17, 15) is 19.2 Å². The molecule has 0 bridgehead atoms. The van der Waals surface area contributed by atoms with Gasteiger partial charge in [0, 0.05) is 5.56 Å². The van der Waals surface area contributed by atoms with Crippen molar-refractivity contribution in [3.05, 3.63) is 180 Å². The third-order valence-corrected chi connectivity index (χ3v) is 8.60. The summed E-state index contributed by atoms with van der Waals surface area (Å²) in [5.74, 6) is -3.04. The van der Waals surface area contributed by atoms with Crippen LogP contribution in [0.5, 0.6) is 0 Å². The largest absolute Gasteiger partial charge is 0.459 e. The monoisotopic (exact) mass is 723 g/mol. The highest BCUT2D eigenvalue weighted by Gasteiger charge is 2.54. The van der Waals surface area contributed by atoms with Gasteiger partial charge in [0.15, 0.2) is 24.5 Å². The first kappa shape index (κ1) is 35.5. The summed E-state index contributed by atoms with van der Waals surface area (Å²) in [4.78, 5) is 54.5. The van der Waals surface area contributed by atoms with E-state index in [-0.39, 0.29) is 22.3 Å². The first-order valence-electron chi connectivity index (χ1n) is 17.1. The smallest absolute Gasteiger partial charge is 0.338 e. The lowest BCUT2D eigenvalue weighted by Gasteiger charge is -2.44. The zero-order valence-electron chi connectivity index (χ0n) is 28.6. The quantitative estimate of drug-likeness (QED) is 0.109. The predicted molar refractivity (Wildman–Crippen MR) is 193 cm³/mol. The maximum atomic E-state index is 13.8. The minimum absolute atomic E-state index is 0.181. The topological polar surface area (TPSA) is 145 Å². The summed E-state index contributed by atoms with van der Waals surface area (Å²) in [5.41, 5.74) is 2.05. The van der Waals surface area contributed by atoms with Gasteiger partial charge < -0.3 is 23.7 Å². The summed E-state index contributed by atoms with van der Waals surface area (Å²) >= 11 is 0. The number of carbonyl (C=O) groups excluding carboxylic acids is 4. The van der Waals surface area contributed by atoms with Crippen LogP contribution in [0.2, 0.25) is 0 Å². The molecule has 12 nitrogen and oxygen atoms in total. The molecule has 1 aliphatic rings. The lowest BCUT2D eigenvalue weighted by atomic mass is 9.96. The molecule has 1 fully saturated rings. The van der Waals surface area contributed by atoms with E-state index in [1.807, 2.05) is 30.3 Å². The highest BCUT2D eigenvalue weighted by molar-refractivity contribution is 5.91. The first-order valence-corrected chi connectivity index (χ1v) is 17.1. The van der Waals surface area contributed by atoms with Crippen LogP contribution in [0, 0.1) is 0 Å². The van der Waals surface area contributed by atoms with Gasteiger partial charge in [0.1, 0.15) is 18.4 Å². The van der Waals surface area contributed by atoms with Gasteiger partial charge in [0.05, 0.1) is 28.5 Å². The van der Waals surface area contributed by atoms with Crippen LogP contribution >= 0.6 is 0 Å². The maximum absolute atomic E-state index is 13.8. The minimum Gasteiger partial charge on any atom is -0.459 e. The molecule has 2 heterocycles.